The fourth-order valence-corrected chi connectivity index (χ4v) is 3.83. The molecule has 1 rings (SSSR count). The van der Waals surface area contributed by atoms with E-state index in [0.717, 1.165) is 0 Å². The number of carbonyl (C=O) groups excluding carboxylic acids is 1. The molecule has 0 spiro atoms. The third kappa shape index (κ3) is 5.15. The van der Waals surface area contributed by atoms with Gasteiger partial charge in [0.15, 0.2) is 9.84 Å². The number of amides is 1. The second-order valence-corrected chi connectivity index (χ2v) is 6.80. The summed E-state index contributed by atoms with van der Waals surface area (Å²) in [5.74, 6) is -1.60. The fourth-order valence-electron chi connectivity index (χ4n) is 2.10. The van der Waals surface area contributed by atoms with Crippen molar-refractivity contribution in [2.75, 3.05) is 31.8 Å². The first-order valence-electron chi connectivity index (χ1n) is 6.06. The van der Waals surface area contributed by atoms with Crippen LogP contribution in [0.1, 0.15) is 19.3 Å². The molecule has 0 bridgehead atoms. The maximum Gasteiger partial charge on any atom is 0.323 e. The molecule has 1 aliphatic rings. The molecule has 1 atom stereocenters. The molecule has 1 N–H and O–H groups in total. The first kappa shape index (κ1) is 15.9. The molecule has 0 aliphatic carbocycles. The van der Waals surface area contributed by atoms with Crippen molar-refractivity contribution in [2.24, 2.45) is 0 Å². The van der Waals surface area contributed by atoms with Crippen LogP contribution in [0.15, 0.2) is 0 Å². The summed E-state index contributed by atoms with van der Waals surface area (Å²) >= 11 is 0. The predicted molar refractivity (Wildman–Crippen MR) is 67.5 cm³/mol. The lowest BCUT2D eigenvalue weighted by molar-refractivity contribution is -0.146. The molecular formula is C11H19NO6S. The number of carboxylic acids is 1. The molecule has 0 aromatic carbocycles. The van der Waals surface area contributed by atoms with Gasteiger partial charge in [-0.3, -0.25) is 9.59 Å². The molecule has 1 aliphatic heterocycles. The minimum atomic E-state index is -3.15. The summed E-state index contributed by atoms with van der Waals surface area (Å²) in [6.45, 7) is -0.0401. The Morgan fingerprint density at radius 2 is 2.11 bits per heavy atom. The van der Waals surface area contributed by atoms with E-state index in [0.29, 0.717) is 19.4 Å². The number of nitrogens with zero attached hydrogens (tertiary/aromatic N) is 1. The van der Waals surface area contributed by atoms with Crippen LogP contribution in [0.25, 0.3) is 0 Å². The highest BCUT2D eigenvalue weighted by Crippen LogP contribution is 2.18. The van der Waals surface area contributed by atoms with Gasteiger partial charge in [-0.05, 0) is 12.8 Å². The Bertz CT molecular complexity index is 432. The van der Waals surface area contributed by atoms with Crippen molar-refractivity contribution in [3.05, 3.63) is 0 Å². The number of ether oxygens (including phenoxy) is 1. The average molecular weight is 293 g/mol. The first-order valence-corrected chi connectivity index (χ1v) is 7.88. The van der Waals surface area contributed by atoms with E-state index >= 15 is 0 Å². The van der Waals surface area contributed by atoms with Gasteiger partial charge in [0.2, 0.25) is 5.91 Å². The lowest BCUT2D eigenvalue weighted by Crippen LogP contribution is -2.44. The van der Waals surface area contributed by atoms with E-state index in [-0.39, 0.29) is 23.8 Å². The summed E-state index contributed by atoms with van der Waals surface area (Å²) < 4.78 is 27.6. The maximum absolute atomic E-state index is 12.0. The van der Waals surface area contributed by atoms with Gasteiger partial charge in [0.25, 0.3) is 0 Å². The summed E-state index contributed by atoms with van der Waals surface area (Å²) in [6, 6.07) is -0.517. The van der Waals surface area contributed by atoms with Crippen LogP contribution in [-0.4, -0.2) is 68.1 Å². The van der Waals surface area contributed by atoms with Gasteiger partial charge < -0.3 is 14.7 Å². The highest BCUT2D eigenvalue weighted by molar-refractivity contribution is 7.91. The summed E-state index contributed by atoms with van der Waals surface area (Å²) in [7, 11) is -1.63. The van der Waals surface area contributed by atoms with Crippen molar-refractivity contribution in [3.63, 3.8) is 0 Å². The minimum absolute atomic E-state index is 0.0130. The number of rotatable bonds is 7. The summed E-state index contributed by atoms with van der Waals surface area (Å²) in [5, 5.41) is 8.83. The Morgan fingerprint density at radius 1 is 1.42 bits per heavy atom. The Hall–Kier alpha value is -1.15. The van der Waals surface area contributed by atoms with Gasteiger partial charge >= 0.3 is 5.97 Å². The molecule has 0 saturated carbocycles. The molecule has 1 saturated heterocycles. The number of sulfone groups is 1. The van der Waals surface area contributed by atoms with Crippen molar-refractivity contribution in [2.45, 2.75) is 25.3 Å². The summed E-state index contributed by atoms with van der Waals surface area (Å²) in [5.41, 5.74) is 0. The van der Waals surface area contributed by atoms with Crippen molar-refractivity contribution in [3.8, 4) is 0 Å². The average Bonchev–Trinajstić information content (AvgIpc) is 2.66. The van der Waals surface area contributed by atoms with E-state index in [1.54, 1.807) is 0 Å². The maximum atomic E-state index is 12.0. The van der Waals surface area contributed by atoms with Crippen LogP contribution in [-0.2, 0) is 24.2 Å². The number of hydrogen-bond donors (Lipinski definition) is 1. The van der Waals surface area contributed by atoms with Gasteiger partial charge in [-0.15, -0.1) is 0 Å². The van der Waals surface area contributed by atoms with Crippen LogP contribution in [0.2, 0.25) is 0 Å². The largest absolute Gasteiger partial charge is 0.480 e. The zero-order valence-corrected chi connectivity index (χ0v) is 11.7. The first-order chi connectivity index (χ1) is 8.85. The highest BCUT2D eigenvalue weighted by atomic mass is 32.2. The number of carbonyl (C=O) groups is 2. The highest BCUT2D eigenvalue weighted by Gasteiger charge is 2.35. The topological polar surface area (TPSA) is 101 Å². The van der Waals surface area contributed by atoms with Crippen molar-refractivity contribution in [1.82, 2.24) is 4.90 Å². The molecule has 1 amide bonds. The van der Waals surface area contributed by atoms with Gasteiger partial charge in [0.1, 0.15) is 6.54 Å². The second kappa shape index (κ2) is 6.85. The minimum Gasteiger partial charge on any atom is -0.480 e. The monoisotopic (exact) mass is 293 g/mol. The van der Waals surface area contributed by atoms with Crippen LogP contribution in [0.3, 0.4) is 0 Å². The molecule has 1 fully saturated rings. The Morgan fingerprint density at radius 3 is 2.58 bits per heavy atom. The van der Waals surface area contributed by atoms with E-state index in [1.807, 2.05) is 0 Å². The SMILES string of the molecule is COCCCC(=O)N(CC(=O)O)C1CCS(=O)(=O)C1. The fraction of sp³-hybridized carbons (Fsp3) is 0.818. The smallest absolute Gasteiger partial charge is 0.323 e. The normalized spacial score (nSPS) is 21.2. The van der Waals surface area contributed by atoms with Crippen molar-refractivity contribution in [1.29, 1.82) is 0 Å². The van der Waals surface area contributed by atoms with Crippen molar-refractivity contribution >= 4 is 21.7 Å². The zero-order valence-electron chi connectivity index (χ0n) is 10.9. The van der Waals surface area contributed by atoms with Gasteiger partial charge in [-0.2, -0.15) is 0 Å². The molecule has 110 valence electrons. The van der Waals surface area contributed by atoms with Crippen LogP contribution < -0.4 is 0 Å². The quantitative estimate of drug-likeness (QED) is 0.636. The lowest BCUT2D eigenvalue weighted by Gasteiger charge is -2.26. The van der Waals surface area contributed by atoms with Gasteiger partial charge in [-0.25, -0.2) is 8.42 Å². The van der Waals surface area contributed by atoms with Crippen LogP contribution >= 0.6 is 0 Å². The standard InChI is InChI=1S/C11H19NO6S/c1-18-5-2-3-10(13)12(7-11(14)15)9-4-6-19(16,17)8-9/h9H,2-8H2,1H3,(H,14,15). The molecule has 7 nitrogen and oxygen atoms in total. The Balaban J connectivity index is 2.66. The predicted octanol–water partition coefficient (Wildman–Crippen LogP) is -0.487. The Labute approximate surface area is 112 Å². The summed E-state index contributed by atoms with van der Waals surface area (Å²) in [6.07, 6.45) is 0.966. The number of hydrogen-bond acceptors (Lipinski definition) is 5. The second-order valence-electron chi connectivity index (χ2n) is 4.57. The van der Waals surface area contributed by atoms with E-state index in [2.05, 4.69) is 0 Å². The molecule has 8 heteroatoms. The number of carboxylic acid groups (broad SMARTS) is 1. The van der Waals surface area contributed by atoms with Crippen LogP contribution in [0.4, 0.5) is 0 Å². The third-order valence-corrected chi connectivity index (χ3v) is 4.76. The van der Waals surface area contributed by atoms with Crippen LogP contribution in [0.5, 0.6) is 0 Å². The van der Waals surface area contributed by atoms with E-state index in [9.17, 15) is 18.0 Å². The van der Waals surface area contributed by atoms with Gasteiger partial charge in [0, 0.05) is 26.2 Å². The van der Waals surface area contributed by atoms with Gasteiger partial charge in [0.05, 0.1) is 11.5 Å². The van der Waals surface area contributed by atoms with E-state index in [1.165, 1.54) is 12.0 Å². The summed E-state index contributed by atoms with van der Waals surface area (Å²) in [4.78, 5) is 23.9. The van der Waals surface area contributed by atoms with Crippen LogP contribution in [0, 0.1) is 0 Å². The Kier molecular flexibility index (Phi) is 5.74. The van der Waals surface area contributed by atoms with Crippen molar-refractivity contribution < 1.29 is 27.9 Å². The molecular weight excluding hydrogens is 274 g/mol. The number of methoxy groups -OCH3 is 1. The number of aliphatic carboxylic acids is 1. The van der Waals surface area contributed by atoms with E-state index in [4.69, 9.17) is 9.84 Å². The molecule has 0 aromatic rings. The third-order valence-electron chi connectivity index (χ3n) is 3.01. The lowest BCUT2D eigenvalue weighted by atomic mass is 10.2. The molecule has 1 heterocycles. The molecule has 1 unspecified atom stereocenters. The van der Waals surface area contributed by atoms with Gasteiger partial charge in [-0.1, -0.05) is 0 Å². The molecule has 19 heavy (non-hydrogen) atoms. The molecule has 0 radical (unpaired) electrons. The van der Waals surface area contributed by atoms with E-state index < -0.39 is 28.4 Å². The molecule has 0 aromatic heterocycles. The zero-order chi connectivity index (χ0) is 14.5.